The van der Waals surface area contributed by atoms with Gasteiger partial charge in [-0.25, -0.2) is 4.79 Å². The normalized spacial score (nSPS) is 17.2. The Morgan fingerprint density at radius 3 is 2.76 bits per heavy atom. The molecule has 0 unspecified atom stereocenters. The highest BCUT2D eigenvalue weighted by Crippen LogP contribution is 2.40. The van der Waals surface area contributed by atoms with Crippen molar-refractivity contribution >= 4 is 17.3 Å². The molecule has 1 aliphatic carbocycles. The second-order valence-corrected chi connectivity index (χ2v) is 5.12. The maximum Gasteiger partial charge on any atom is 0.337 e. The maximum atomic E-state index is 10.9. The molecule has 4 N–H and O–H groups in total. The number of hydrogen-bond acceptors (Lipinski definition) is 3. The van der Waals surface area contributed by atoms with Crippen molar-refractivity contribution < 1.29 is 9.90 Å². The third kappa shape index (κ3) is 2.52. The van der Waals surface area contributed by atoms with Gasteiger partial charge in [0.05, 0.1) is 5.56 Å². The second kappa shape index (κ2) is 4.28. The third-order valence-electron chi connectivity index (χ3n) is 3.56. The lowest BCUT2D eigenvalue weighted by Crippen LogP contribution is -2.33. The molecule has 1 fully saturated rings. The van der Waals surface area contributed by atoms with Crippen LogP contribution in [0.1, 0.15) is 36.5 Å². The number of nitrogens with two attached hydrogens (primary N) is 1. The number of carboxylic acid groups (broad SMARTS) is 1. The molecule has 2 rings (SSSR count). The van der Waals surface area contributed by atoms with E-state index in [9.17, 15) is 4.79 Å². The van der Waals surface area contributed by atoms with Gasteiger partial charge in [-0.1, -0.05) is 13.3 Å². The summed E-state index contributed by atoms with van der Waals surface area (Å²) in [4.78, 5) is 10.9. The van der Waals surface area contributed by atoms with E-state index in [1.807, 2.05) is 6.07 Å². The van der Waals surface area contributed by atoms with Crippen molar-refractivity contribution in [2.45, 2.75) is 26.2 Å². The first kappa shape index (κ1) is 11.8. The van der Waals surface area contributed by atoms with E-state index in [1.165, 1.54) is 19.3 Å². The molecule has 0 atom stereocenters. The van der Waals surface area contributed by atoms with Gasteiger partial charge >= 0.3 is 5.97 Å². The number of rotatable bonds is 4. The van der Waals surface area contributed by atoms with E-state index in [0.29, 0.717) is 11.1 Å². The van der Waals surface area contributed by atoms with Crippen molar-refractivity contribution in [3.63, 3.8) is 0 Å². The van der Waals surface area contributed by atoms with E-state index in [0.717, 1.165) is 12.2 Å². The fourth-order valence-electron chi connectivity index (χ4n) is 2.12. The standard InChI is InChI=1S/C13H18N2O2/c1-13(5-2-6-13)8-15-9-3-4-11(14)10(7-9)12(16)17/h3-4,7,15H,2,5-6,8,14H2,1H3,(H,16,17). The molecule has 0 saturated heterocycles. The van der Waals surface area contributed by atoms with Crippen LogP contribution >= 0.6 is 0 Å². The highest BCUT2D eigenvalue weighted by atomic mass is 16.4. The molecule has 0 aromatic heterocycles. The van der Waals surface area contributed by atoms with Gasteiger partial charge in [0, 0.05) is 17.9 Å². The van der Waals surface area contributed by atoms with Crippen molar-refractivity contribution in [1.29, 1.82) is 0 Å². The summed E-state index contributed by atoms with van der Waals surface area (Å²) < 4.78 is 0. The average Bonchev–Trinajstić information content (AvgIpc) is 2.25. The summed E-state index contributed by atoms with van der Waals surface area (Å²) in [5, 5.41) is 12.3. The molecule has 92 valence electrons. The van der Waals surface area contributed by atoms with Crippen LogP contribution in [0.3, 0.4) is 0 Å². The van der Waals surface area contributed by atoms with E-state index < -0.39 is 5.97 Å². The number of hydrogen-bond donors (Lipinski definition) is 3. The van der Waals surface area contributed by atoms with Gasteiger partial charge in [-0.05, 0) is 36.5 Å². The Hall–Kier alpha value is -1.71. The highest BCUT2D eigenvalue weighted by Gasteiger charge is 2.31. The van der Waals surface area contributed by atoms with Crippen molar-refractivity contribution in [1.82, 2.24) is 0 Å². The van der Waals surface area contributed by atoms with E-state index in [-0.39, 0.29) is 5.56 Å². The van der Waals surface area contributed by atoms with Crippen LogP contribution in [0.25, 0.3) is 0 Å². The zero-order chi connectivity index (χ0) is 12.5. The van der Waals surface area contributed by atoms with Crippen LogP contribution in [0.15, 0.2) is 18.2 Å². The summed E-state index contributed by atoms with van der Waals surface area (Å²) in [7, 11) is 0. The quantitative estimate of drug-likeness (QED) is 0.700. The number of nitrogen functional groups attached to an aromatic ring is 1. The Morgan fingerprint density at radius 2 is 2.24 bits per heavy atom. The van der Waals surface area contributed by atoms with Crippen molar-refractivity contribution in [2.24, 2.45) is 5.41 Å². The van der Waals surface area contributed by atoms with E-state index >= 15 is 0 Å². The minimum absolute atomic E-state index is 0.161. The molecule has 0 amide bonds. The minimum Gasteiger partial charge on any atom is -0.478 e. The zero-order valence-corrected chi connectivity index (χ0v) is 9.99. The molecule has 0 spiro atoms. The Labute approximate surface area is 101 Å². The second-order valence-electron chi connectivity index (χ2n) is 5.12. The molecule has 17 heavy (non-hydrogen) atoms. The van der Waals surface area contributed by atoms with E-state index in [4.69, 9.17) is 10.8 Å². The molecule has 1 aromatic carbocycles. The molecule has 4 heteroatoms. The monoisotopic (exact) mass is 234 g/mol. The molecule has 1 saturated carbocycles. The summed E-state index contributed by atoms with van der Waals surface area (Å²) in [6.07, 6.45) is 3.77. The average molecular weight is 234 g/mol. The third-order valence-corrected chi connectivity index (χ3v) is 3.56. The van der Waals surface area contributed by atoms with Crippen molar-refractivity contribution in [3.8, 4) is 0 Å². The van der Waals surface area contributed by atoms with Crippen LogP contribution in [0.4, 0.5) is 11.4 Å². The first-order valence-corrected chi connectivity index (χ1v) is 5.87. The minimum atomic E-state index is -0.985. The fourth-order valence-corrected chi connectivity index (χ4v) is 2.12. The predicted octanol–water partition coefficient (Wildman–Crippen LogP) is 2.57. The molecule has 1 aliphatic rings. The lowest BCUT2D eigenvalue weighted by atomic mass is 9.70. The Morgan fingerprint density at radius 1 is 1.53 bits per heavy atom. The van der Waals surface area contributed by atoms with E-state index in [1.54, 1.807) is 12.1 Å². The van der Waals surface area contributed by atoms with Crippen LogP contribution in [-0.4, -0.2) is 17.6 Å². The smallest absolute Gasteiger partial charge is 0.337 e. The van der Waals surface area contributed by atoms with Gasteiger partial charge in [-0.3, -0.25) is 0 Å². The van der Waals surface area contributed by atoms with Gasteiger partial charge in [0.15, 0.2) is 0 Å². The zero-order valence-electron chi connectivity index (χ0n) is 9.99. The molecule has 0 aliphatic heterocycles. The Balaban J connectivity index is 2.06. The summed E-state index contributed by atoms with van der Waals surface area (Å²) >= 11 is 0. The van der Waals surface area contributed by atoms with Gasteiger partial charge in [-0.2, -0.15) is 0 Å². The number of nitrogens with one attached hydrogen (secondary N) is 1. The van der Waals surface area contributed by atoms with Crippen molar-refractivity contribution in [2.75, 3.05) is 17.6 Å². The predicted molar refractivity (Wildman–Crippen MR) is 68.3 cm³/mol. The van der Waals surface area contributed by atoms with Crippen LogP contribution in [0.2, 0.25) is 0 Å². The van der Waals surface area contributed by atoms with Crippen LogP contribution < -0.4 is 11.1 Å². The lowest BCUT2D eigenvalue weighted by Gasteiger charge is -2.38. The molecule has 0 heterocycles. The van der Waals surface area contributed by atoms with Gasteiger partial charge in [-0.15, -0.1) is 0 Å². The number of carboxylic acids is 1. The van der Waals surface area contributed by atoms with Gasteiger partial charge < -0.3 is 16.2 Å². The highest BCUT2D eigenvalue weighted by molar-refractivity contribution is 5.94. The molecule has 0 radical (unpaired) electrons. The first-order chi connectivity index (χ1) is 8.00. The largest absolute Gasteiger partial charge is 0.478 e. The molecule has 0 bridgehead atoms. The van der Waals surface area contributed by atoms with Gasteiger partial charge in [0.2, 0.25) is 0 Å². The maximum absolute atomic E-state index is 10.9. The molecule has 1 aromatic rings. The van der Waals surface area contributed by atoms with Crippen LogP contribution in [0, 0.1) is 5.41 Å². The SMILES string of the molecule is CC1(CNc2ccc(N)c(C(=O)O)c2)CCC1. The Bertz CT molecular complexity index is 439. The van der Waals surface area contributed by atoms with Crippen molar-refractivity contribution in [3.05, 3.63) is 23.8 Å². The van der Waals surface area contributed by atoms with Gasteiger partial charge in [0.25, 0.3) is 0 Å². The number of aromatic carboxylic acids is 1. The first-order valence-electron chi connectivity index (χ1n) is 5.87. The Kier molecular flexibility index (Phi) is 2.96. The summed E-state index contributed by atoms with van der Waals surface area (Å²) in [6.45, 7) is 3.13. The number of carbonyl (C=O) groups is 1. The lowest BCUT2D eigenvalue weighted by molar-refractivity contribution is 0.0698. The van der Waals surface area contributed by atoms with Crippen LogP contribution in [-0.2, 0) is 0 Å². The summed E-state index contributed by atoms with van der Waals surface area (Å²) in [5.74, 6) is -0.985. The van der Waals surface area contributed by atoms with Gasteiger partial charge in [0.1, 0.15) is 0 Å². The van der Waals surface area contributed by atoms with E-state index in [2.05, 4.69) is 12.2 Å². The molecular weight excluding hydrogens is 216 g/mol. The summed E-state index contributed by atoms with van der Waals surface area (Å²) in [6, 6.07) is 5.05. The number of benzene rings is 1. The molecule has 4 nitrogen and oxygen atoms in total. The van der Waals surface area contributed by atoms with Crippen LogP contribution in [0.5, 0.6) is 0 Å². The fraction of sp³-hybridized carbons (Fsp3) is 0.462. The summed E-state index contributed by atoms with van der Waals surface area (Å²) in [5.41, 5.74) is 7.26. The topological polar surface area (TPSA) is 75.3 Å². The molecular formula is C13H18N2O2. The number of anilines is 2.